The number of amides is 2. The predicted octanol–water partition coefficient (Wildman–Crippen LogP) is 4.48. The highest BCUT2D eigenvalue weighted by Crippen LogP contribution is 2.46. The van der Waals surface area contributed by atoms with Gasteiger partial charge in [0, 0.05) is 45.0 Å². The molecule has 2 aliphatic rings. The molecule has 0 saturated carbocycles. The molecule has 1 unspecified atom stereocenters. The first-order chi connectivity index (χ1) is 16.9. The van der Waals surface area contributed by atoms with Gasteiger partial charge in [0.25, 0.3) is 5.91 Å². The van der Waals surface area contributed by atoms with Crippen LogP contribution in [0.5, 0.6) is 0 Å². The molecule has 6 nitrogen and oxygen atoms in total. The van der Waals surface area contributed by atoms with Gasteiger partial charge in [0.15, 0.2) is 0 Å². The highest BCUT2D eigenvalue weighted by atomic mass is 19.4. The summed E-state index contributed by atoms with van der Waals surface area (Å²) in [6.45, 7) is 3.38. The molecule has 0 bridgehead atoms. The minimum absolute atomic E-state index is 0.0359. The van der Waals surface area contributed by atoms with Gasteiger partial charge in [0.1, 0.15) is 6.04 Å². The molecule has 2 heterocycles. The fraction of sp³-hybridized carbons (Fsp3) is 0.444. The summed E-state index contributed by atoms with van der Waals surface area (Å²) in [4.78, 5) is 31.1. The molecule has 1 spiro atoms. The summed E-state index contributed by atoms with van der Waals surface area (Å²) in [5.41, 5.74) is 0.170. The monoisotopic (exact) mass is 498 g/mol. The number of anilines is 1. The molecule has 190 valence electrons. The number of rotatable bonds is 3. The Morgan fingerprint density at radius 1 is 1.11 bits per heavy atom. The fourth-order valence-electron chi connectivity index (χ4n) is 5.40. The van der Waals surface area contributed by atoms with Crippen LogP contribution in [-0.4, -0.2) is 61.4 Å². The number of likely N-dealkylation sites (tertiary alicyclic amines) is 1. The molecule has 2 aromatic rings. The van der Waals surface area contributed by atoms with Gasteiger partial charge in [0.05, 0.1) is 17.2 Å². The molecule has 0 aromatic heterocycles. The average Bonchev–Trinajstić information content (AvgIpc) is 3.21. The second-order valence-corrected chi connectivity index (χ2v) is 10.1. The van der Waals surface area contributed by atoms with E-state index in [0.717, 1.165) is 11.6 Å². The first-order valence-corrected chi connectivity index (χ1v) is 11.9. The van der Waals surface area contributed by atoms with E-state index >= 15 is 0 Å². The molecule has 0 aliphatic carbocycles. The first kappa shape index (κ1) is 25.5. The molecule has 4 rings (SSSR count). The van der Waals surface area contributed by atoms with Crippen LogP contribution in [0.25, 0.3) is 0 Å². The molecule has 36 heavy (non-hydrogen) atoms. The van der Waals surface area contributed by atoms with E-state index in [4.69, 9.17) is 5.26 Å². The van der Waals surface area contributed by atoms with Crippen LogP contribution in [0, 0.1) is 23.7 Å². The van der Waals surface area contributed by atoms with Gasteiger partial charge in [0.2, 0.25) is 5.91 Å². The third-order valence-corrected chi connectivity index (χ3v) is 7.37. The van der Waals surface area contributed by atoms with Crippen molar-refractivity contribution in [3.8, 4) is 6.07 Å². The van der Waals surface area contributed by atoms with Crippen molar-refractivity contribution < 1.29 is 22.8 Å². The number of carbonyl (C=O) groups is 2. The number of hydrogen-bond acceptors (Lipinski definition) is 4. The van der Waals surface area contributed by atoms with Gasteiger partial charge in [-0.25, -0.2) is 0 Å². The Labute approximate surface area is 208 Å². The van der Waals surface area contributed by atoms with E-state index < -0.39 is 23.3 Å². The maximum Gasteiger partial charge on any atom is 0.417 e. The predicted molar refractivity (Wildman–Crippen MR) is 129 cm³/mol. The molecular formula is C27H29F3N4O2. The maximum atomic E-state index is 13.6. The smallest absolute Gasteiger partial charge is 0.359 e. The zero-order valence-corrected chi connectivity index (χ0v) is 20.6. The Morgan fingerprint density at radius 3 is 2.39 bits per heavy atom. The van der Waals surface area contributed by atoms with Crippen LogP contribution in [0.2, 0.25) is 0 Å². The van der Waals surface area contributed by atoms with Gasteiger partial charge in [-0.05, 0) is 61.9 Å². The van der Waals surface area contributed by atoms with Crippen molar-refractivity contribution in [2.75, 3.05) is 38.6 Å². The standard InChI is InChI=1S/C27H29F3N4O2/c1-18-5-4-6-19(13-18)24(35)33-11-9-26(10-12-33)15-23(25(36)32(2)3)34(17-26)21-8-7-20(16-31)22(14-21)27(28,29)30/h4-8,13-14,23H,9-12,15,17H2,1-3H3. The first-order valence-electron chi connectivity index (χ1n) is 11.9. The minimum Gasteiger partial charge on any atom is -0.359 e. The van der Waals surface area contributed by atoms with Gasteiger partial charge >= 0.3 is 6.18 Å². The van der Waals surface area contributed by atoms with Crippen molar-refractivity contribution in [2.24, 2.45) is 5.41 Å². The summed E-state index contributed by atoms with van der Waals surface area (Å²) in [5, 5.41) is 9.16. The van der Waals surface area contributed by atoms with Crippen LogP contribution in [0.1, 0.15) is 46.3 Å². The molecular weight excluding hydrogens is 469 g/mol. The minimum atomic E-state index is -4.68. The largest absolute Gasteiger partial charge is 0.417 e. The summed E-state index contributed by atoms with van der Waals surface area (Å²) >= 11 is 0. The van der Waals surface area contributed by atoms with E-state index in [-0.39, 0.29) is 22.9 Å². The second kappa shape index (κ2) is 9.49. The normalized spacial score (nSPS) is 19.3. The highest BCUT2D eigenvalue weighted by Gasteiger charge is 2.49. The lowest BCUT2D eigenvalue weighted by Crippen LogP contribution is -2.44. The Kier molecular flexibility index (Phi) is 6.74. The van der Waals surface area contributed by atoms with E-state index in [0.29, 0.717) is 44.5 Å². The number of likely N-dealkylation sites (N-methyl/N-ethyl adjacent to an activating group) is 1. The zero-order chi connectivity index (χ0) is 26.3. The number of piperidine rings is 1. The topological polar surface area (TPSA) is 67.7 Å². The van der Waals surface area contributed by atoms with Crippen molar-refractivity contribution in [2.45, 2.75) is 38.4 Å². The summed E-state index contributed by atoms with van der Waals surface area (Å²) in [7, 11) is 3.27. The van der Waals surface area contributed by atoms with E-state index in [1.165, 1.54) is 17.0 Å². The van der Waals surface area contributed by atoms with E-state index in [1.807, 2.05) is 30.0 Å². The number of nitrogens with zero attached hydrogens (tertiary/aromatic N) is 4. The molecule has 9 heteroatoms. The third kappa shape index (κ3) is 4.90. The number of hydrogen-bond donors (Lipinski definition) is 0. The maximum absolute atomic E-state index is 13.6. The Morgan fingerprint density at radius 2 is 1.81 bits per heavy atom. The summed E-state index contributed by atoms with van der Waals surface area (Å²) in [6.07, 6.45) is -2.87. The number of halogens is 3. The highest BCUT2D eigenvalue weighted by molar-refractivity contribution is 5.94. The number of aryl methyl sites for hydroxylation is 1. The van der Waals surface area contributed by atoms with E-state index in [2.05, 4.69) is 0 Å². The van der Waals surface area contributed by atoms with E-state index in [1.54, 1.807) is 31.1 Å². The van der Waals surface area contributed by atoms with Crippen molar-refractivity contribution in [1.82, 2.24) is 9.80 Å². The Balaban J connectivity index is 1.59. The molecule has 2 fully saturated rings. The molecule has 2 saturated heterocycles. The van der Waals surface area contributed by atoms with Crippen LogP contribution >= 0.6 is 0 Å². The quantitative estimate of drug-likeness (QED) is 0.626. The molecule has 1 atom stereocenters. The number of benzene rings is 2. The van der Waals surface area contributed by atoms with Gasteiger partial charge in [-0.3, -0.25) is 9.59 Å². The van der Waals surface area contributed by atoms with Crippen LogP contribution < -0.4 is 4.90 Å². The lowest BCUT2D eigenvalue weighted by Gasteiger charge is -2.39. The van der Waals surface area contributed by atoms with Crippen molar-refractivity contribution >= 4 is 17.5 Å². The van der Waals surface area contributed by atoms with Gasteiger partial charge in [-0.2, -0.15) is 18.4 Å². The molecule has 2 aromatic carbocycles. The Hall–Kier alpha value is -3.54. The van der Waals surface area contributed by atoms with Crippen LogP contribution in [-0.2, 0) is 11.0 Å². The van der Waals surface area contributed by atoms with Crippen LogP contribution in [0.15, 0.2) is 42.5 Å². The van der Waals surface area contributed by atoms with Crippen molar-refractivity contribution in [1.29, 1.82) is 5.26 Å². The SMILES string of the molecule is Cc1cccc(C(=O)N2CCC3(CC2)CC(C(=O)N(C)C)N(c2ccc(C#N)c(C(F)(F)F)c2)C3)c1. The fourth-order valence-corrected chi connectivity index (χ4v) is 5.40. The molecule has 2 amide bonds. The summed E-state index contributed by atoms with van der Waals surface area (Å²) in [5.74, 6) is -0.214. The Bertz CT molecular complexity index is 1210. The summed E-state index contributed by atoms with van der Waals surface area (Å²) < 4.78 is 40.9. The number of alkyl halides is 3. The van der Waals surface area contributed by atoms with Crippen LogP contribution in [0.3, 0.4) is 0 Å². The van der Waals surface area contributed by atoms with E-state index in [9.17, 15) is 22.8 Å². The molecule has 0 radical (unpaired) electrons. The number of nitriles is 1. The molecule has 2 aliphatic heterocycles. The van der Waals surface area contributed by atoms with Crippen molar-refractivity contribution in [3.63, 3.8) is 0 Å². The van der Waals surface area contributed by atoms with Gasteiger partial charge in [-0.15, -0.1) is 0 Å². The zero-order valence-electron chi connectivity index (χ0n) is 20.6. The number of carbonyl (C=O) groups excluding carboxylic acids is 2. The molecule has 0 N–H and O–H groups in total. The van der Waals surface area contributed by atoms with Crippen LogP contribution in [0.4, 0.5) is 18.9 Å². The third-order valence-electron chi connectivity index (χ3n) is 7.37. The van der Waals surface area contributed by atoms with Gasteiger partial charge in [-0.1, -0.05) is 17.7 Å². The lowest BCUT2D eigenvalue weighted by molar-refractivity contribution is -0.137. The second-order valence-electron chi connectivity index (χ2n) is 10.1. The van der Waals surface area contributed by atoms with Gasteiger partial charge < -0.3 is 14.7 Å². The lowest BCUT2D eigenvalue weighted by atomic mass is 9.76. The average molecular weight is 499 g/mol. The van der Waals surface area contributed by atoms with Crippen molar-refractivity contribution in [3.05, 3.63) is 64.7 Å². The summed E-state index contributed by atoms with van der Waals surface area (Å²) in [6, 6.07) is 12.1.